The predicted octanol–water partition coefficient (Wildman–Crippen LogP) is 3.78. The van der Waals surface area contributed by atoms with E-state index in [4.69, 9.17) is 4.74 Å². The minimum absolute atomic E-state index is 0.0192. The molecule has 1 aliphatic heterocycles. The fourth-order valence-electron chi connectivity index (χ4n) is 3.97. The van der Waals surface area contributed by atoms with Crippen LogP contribution in [0, 0.1) is 16.7 Å². The molecule has 2 aromatic rings. The van der Waals surface area contributed by atoms with Crippen molar-refractivity contribution >= 4 is 5.91 Å². The van der Waals surface area contributed by atoms with Crippen LogP contribution in [0.4, 0.5) is 0 Å². The fourth-order valence-corrected chi connectivity index (χ4v) is 3.97. The van der Waals surface area contributed by atoms with E-state index in [0.717, 1.165) is 18.4 Å². The van der Waals surface area contributed by atoms with Gasteiger partial charge in [0.05, 0.1) is 12.1 Å². The molecular formula is C22H22N2O2. The lowest BCUT2D eigenvalue weighted by Crippen LogP contribution is -2.44. The van der Waals surface area contributed by atoms with Gasteiger partial charge >= 0.3 is 0 Å². The molecule has 0 unspecified atom stereocenters. The van der Waals surface area contributed by atoms with Crippen molar-refractivity contribution < 1.29 is 9.53 Å². The lowest BCUT2D eigenvalue weighted by atomic mass is 9.80. The molecular weight excluding hydrogens is 324 g/mol. The van der Waals surface area contributed by atoms with E-state index in [9.17, 15) is 10.1 Å². The van der Waals surface area contributed by atoms with Gasteiger partial charge in [-0.3, -0.25) is 4.79 Å². The first-order chi connectivity index (χ1) is 12.7. The Morgan fingerprint density at radius 2 is 1.88 bits per heavy atom. The summed E-state index contributed by atoms with van der Waals surface area (Å²) in [5, 5.41) is 12.8. The molecule has 1 aliphatic carbocycles. The molecule has 0 spiro atoms. The number of carbonyl (C=O) groups excluding carboxylic acids is 1. The summed E-state index contributed by atoms with van der Waals surface area (Å²) in [5.41, 5.74) is 3.85. The largest absolute Gasteiger partial charge is 0.381 e. The van der Waals surface area contributed by atoms with Crippen LogP contribution in [-0.2, 0) is 16.0 Å². The average molecular weight is 346 g/mol. The summed E-state index contributed by atoms with van der Waals surface area (Å²) in [6, 6.07) is 19.0. The minimum Gasteiger partial charge on any atom is -0.381 e. The molecule has 1 saturated heterocycles. The third-order valence-electron chi connectivity index (χ3n) is 5.63. The lowest BCUT2D eigenvalue weighted by molar-refractivity contribution is -0.133. The van der Waals surface area contributed by atoms with E-state index in [1.165, 1.54) is 16.7 Å². The molecule has 26 heavy (non-hydrogen) atoms. The average Bonchev–Trinajstić information content (AvgIpc) is 3.11. The van der Waals surface area contributed by atoms with E-state index in [1.54, 1.807) is 0 Å². The van der Waals surface area contributed by atoms with E-state index in [0.29, 0.717) is 26.1 Å². The van der Waals surface area contributed by atoms with Gasteiger partial charge in [0.2, 0.25) is 5.91 Å². The molecule has 1 heterocycles. The van der Waals surface area contributed by atoms with Gasteiger partial charge < -0.3 is 10.1 Å². The molecule has 4 rings (SSSR count). The number of hydrogen-bond donors (Lipinski definition) is 1. The normalized spacial score (nSPS) is 20.8. The second kappa shape index (κ2) is 6.93. The van der Waals surface area contributed by atoms with Crippen LogP contribution >= 0.6 is 0 Å². The third kappa shape index (κ3) is 3.00. The first kappa shape index (κ1) is 16.8. The Morgan fingerprint density at radius 3 is 2.62 bits per heavy atom. The van der Waals surface area contributed by atoms with Crippen LogP contribution < -0.4 is 5.32 Å². The number of nitrogens with one attached hydrogen (secondary N) is 1. The zero-order chi connectivity index (χ0) is 18.0. The van der Waals surface area contributed by atoms with Crippen molar-refractivity contribution in [3.05, 3.63) is 59.7 Å². The molecule has 4 nitrogen and oxygen atoms in total. The van der Waals surface area contributed by atoms with Crippen LogP contribution in [-0.4, -0.2) is 19.1 Å². The number of benzene rings is 2. The SMILES string of the molecule is N#CC1(C(=O)N[C@H]2CCc3ccc(-c4ccccc4)cc32)CCOCC1. The van der Waals surface area contributed by atoms with Crippen molar-refractivity contribution in [1.82, 2.24) is 5.32 Å². The summed E-state index contributed by atoms with van der Waals surface area (Å²) >= 11 is 0. The molecule has 132 valence electrons. The molecule has 0 bridgehead atoms. The third-order valence-corrected chi connectivity index (χ3v) is 5.63. The molecule has 2 aliphatic rings. The number of fused-ring (bicyclic) bond motifs is 1. The van der Waals surface area contributed by atoms with Crippen molar-refractivity contribution in [3.63, 3.8) is 0 Å². The number of hydrogen-bond acceptors (Lipinski definition) is 3. The Hall–Kier alpha value is -2.64. The van der Waals surface area contributed by atoms with E-state index < -0.39 is 5.41 Å². The summed E-state index contributed by atoms with van der Waals surface area (Å²) in [5.74, 6) is -0.147. The molecule has 4 heteroatoms. The monoisotopic (exact) mass is 346 g/mol. The van der Waals surface area contributed by atoms with Crippen molar-refractivity contribution in [2.45, 2.75) is 31.7 Å². The number of amides is 1. The van der Waals surface area contributed by atoms with Gasteiger partial charge in [-0.25, -0.2) is 0 Å². The Labute approximate surface area is 153 Å². The highest BCUT2D eigenvalue weighted by Crippen LogP contribution is 2.37. The summed E-state index contributed by atoms with van der Waals surface area (Å²) in [6.07, 6.45) is 2.78. The van der Waals surface area contributed by atoms with Gasteiger partial charge in [-0.1, -0.05) is 42.5 Å². The highest BCUT2D eigenvalue weighted by molar-refractivity contribution is 5.86. The van der Waals surface area contributed by atoms with Gasteiger partial charge in [0.1, 0.15) is 5.41 Å². The molecule has 0 aromatic heterocycles. The van der Waals surface area contributed by atoms with Crippen LogP contribution in [0.25, 0.3) is 11.1 Å². The van der Waals surface area contributed by atoms with E-state index in [2.05, 4.69) is 41.7 Å². The Morgan fingerprint density at radius 1 is 1.12 bits per heavy atom. The van der Waals surface area contributed by atoms with Crippen LogP contribution in [0.15, 0.2) is 48.5 Å². The zero-order valence-corrected chi connectivity index (χ0v) is 14.7. The van der Waals surface area contributed by atoms with Crippen LogP contribution in [0.5, 0.6) is 0 Å². The number of nitriles is 1. The maximum Gasteiger partial charge on any atom is 0.241 e. The van der Waals surface area contributed by atoms with Gasteiger partial charge in [0.15, 0.2) is 0 Å². The Bertz CT molecular complexity index is 848. The predicted molar refractivity (Wildman–Crippen MR) is 99.2 cm³/mol. The molecule has 2 aromatic carbocycles. The molecule has 1 N–H and O–H groups in total. The summed E-state index contributed by atoms with van der Waals surface area (Å²) in [6.45, 7) is 0.945. The molecule has 1 amide bonds. The van der Waals surface area contributed by atoms with Crippen LogP contribution in [0.3, 0.4) is 0 Å². The summed E-state index contributed by atoms with van der Waals surface area (Å²) in [7, 11) is 0. The number of ether oxygens (including phenoxy) is 1. The summed E-state index contributed by atoms with van der Waals surface area (Å²) in [4.78, 5) is 12.9. The molecule has 1 fully saturated rings. The second-order valence-corrected chi connectivity index (χ2v) is 7.15. The molecule has 1 atom stereocenters. The zero-order valence-electron chi connectivity index (χ0n) is 14.7. The standard InChI is InChI=1S/C22H22N2O2/c23-15-22(10-12-26-13-11-22)21(25)24-20-9-8-17-6-7-18(14-19(17)20)16-4-2-1-3-5-16/h1-7,14,20H,8-13H2,(H,24,25)/t20-/m0/s1. The number of rotatable bonds is 3. The number of carbonyl (C=O) groups is 1. The van der Waals surface area contributed by atoms with Gasteiger partial charge in [-0.05, 0) is 54.0 Å². The quantitative estimate of drug-likeness (QED) is 0.920. The van der Waals surface area contributed by atoms with Gasteiger partial charge in [-0.2, -0.15) is 5.26 Å². The van der Waals surface area contributed by atoms with Crippen molar-refractivity contribution in [2.75, 3.05) is 13.2 Å². The Balaban J connectivity index is 1.58. The van der Waals surface area contributed by atoms with Gasteiger partial charge in [0, 0.05) is 13.2 Å². The van der Waals surface area contributed by atoms with Crippen LogP contribution in [0.1, 0.15) is 36.4 Å². The topological polar surface area (TPSA) is 62.1 Å². The fraction of sp³-hybridized carbons (Fsp3) is 0.364. The van der Waals surface area contributed by atoms with Crippen molar-refractivity contribution in [1.29, 1.82) is 5.26 Å². The van der Waals surface area contributed by atoms with Crippen molar-refractivity contribution in [3.8, 4) is 17.2 Å². The maximum absolute atomic E-state index is 12.9. The Kier molecular flexibility index (Phi) is 4.48. The van der Waals surface area contributed by atoms with Gasteiger partial charge in [-0.15, -0.1) is 0 Å². The first-order valence-electron chi connectivity index (χ1n) is 9.20. The lowest BCUT2D eigenvalue weighted by Gasteiger charge is -2.30. The number of nitrogens with zero attached hydrogens (tertiary/aromatic N) is 1. The highest BCUT2D eigenvalue weighted by Gasteiger charge is 2.41. The first-order valence-corrected chi connectivity index (χ1v) is 9.20. The van der Waals surface area contributed by atoms with Gasteiger partial charge in [0.25, 0.3) is 0 Å². The van der Waals surface area contributed by atoms with Crippen molar-refractivity contribution in [2.24, 2.45) is 5.41 Å². The molecule has 0 radical (unpaired) electrons. The minimum atomic E-state index is -0.946. The maximum atomic E-state index is 12.9. The molecule has 0 saturated carbocycles. The smallest absolute Gasteiger partial charge is 0.241 e. The highest BCUT2D eigenvalue weighted by atomic mass is 16.5. The second-order valence-electron chi connectivity index (χ2n) is 7.15. The van der Waals surface area contributed by atoms with E-state index >= 15 is 0 Å². The van der Waals surface area contributed by atoms with E-state index in [-0.39, 0.29) is 11.9 Å². The summed E-state index contributed by atoms with van der Waals surface area (Å²) < 4.78 is 5.34. The number of aryl methyl sites for hydroxylation is 1. The van der Waals surface area contributed by atoms with E-state index in [1.807, 2.05) is 18.2 Å². The van der Waals surface area contributed by atoms with Crippen LogP contribution in [0.2, 0.25) is 0 Å².